The zero-order chi connectivity index (χ0) is 17.5. The highest BCUT2D eigenvalue weighted by molar-refractivity contribution is 9.10. The van der Waals surface area contributed by atoms with Crippen molar-refractivity contribution in [2.24, 2.45) is 0 Å². The zero-order valence-electron chi connectivity index (χ0n) is 12.3. The van der Waals surface area contributed by atoms with E-state index in [4.69, 9.17) is 16.3 Å². The van der Waals surface area contributed by atoms with Crippen molar-refractivity contribution < 1.29 is 18.7 Å². The molecule has 8 heteroatoms. The first-order chi connectivity index (χ1) is 11.4. The SMILES string of the molecule is O=C(COc1ccc(Br)cc1F)NCC(=O)Nc1ccc(Cl)cc1. The van der Waals surface area contributed by atoms with Crippen molar-refractivity contribution in [3.63, 3.8) is 0 Å². The topological polar surface area (TPSA) is 67.4 Å². The van der Waals surface area contributed by atoms with E-state index in [-0.39, 0.29) is 12.3 Å². The van der Waals surface area contributed by atoms with Crippen molar-refractivity contribution in [3.8, 4) is 5.75 Å². The second-order valence-electron chi connectivity index (χ2n) is 4.70. The van der Waals surface area contributed by atoms with Crippen LogP contribution < -0.4 is 15.4 Å². The monoisotopic (exact) mass is 414 g/mol. The van der Waals surface area contributed by atoms with Gasteiger partial charge in [0.25, 0.3) is 5.91 Å². The minimum Gasteiger partial charge on any atom is -0.481 e. The molecule has 24 heavy (non-hydrogen) atoms. The van der Waals surface area contributed by atoms with E-state index < -0.39 is 24.2 Å². The number of amides is 2. The summed E-state index contributed by atoms with van der Waals surface area (Å²) >= 11 is 8.86. The number of nitrogens with one attached hydrogen (secondary N) is 2. The molecule has 2 amide bonds. The van der Waals surface area contributed by atoms with E-state index in [1.807, 2.05) is 0 Å². The molecule has 0 bridgehead atoms. The third-order valence-corrected chi connectivity index (χ3v) is 3.57. The Morgan fingerprint density at radius 3 is 2.50 bits per heavy atom. The standard InChI is InChI=1S/C16H13BrClFN2O3/c17-10-1-6-14(13(19)7-10)24-9-16(23)20-8-15(22)21-12-4-2-11(18)3-5-12/h1-7H,8-9H2,(H,20,23)(H,21,22). The average molecular weight is 416 g/mol. The molecule has 0 aliphatic rings. The van der Waals surface area contributed by atoms with Gasteiger partial charge in [-0.15, -0.1) is 0 Å². The van der Waals surface area contributed by atoms with E-state index in [1.54, 1.807) is 30.3 Å². The van der Waals surface area contributed by atoms with Crippen LogP contribution in [0.5, 0.6) is 5.75 Å². The molecule has 0 unspecified atom stereocenters. The number of ether oxygens (including phenoxy) is 1. The lowest BCUT2D eigenvalue weighted by Gasteiger charge is -2.09. The Kier molecular flexibility index (Phi) is 6.57. The first kappa shape index (κ1) is 18.2. The van der Waals surface area contributed by atoms with Gasteiger partial charge < -0.3 is 15.4 Å². The molecule has 0 aliphatic carbocycles. The predicted octanol–water partition coefficient (Wildman–Crippen LogP) is 3.38. The van der Waals surface area contributed by atoms with Crippen LogP contribution in [0.25, 0.3) is 0 Å². The first-order valence-electron chi connectivity index (χ1n) is 6.84. The smallest absolute Gasteiger partial charge is 0.258 e. The van der Waals surface area contributed by atoms with E-state index in [1.165, 1.54) is 12.1 Å². The lowest BCUT2D eigenvalue weighted by Crippen LogP contribution is -2.35. The fourth-order valence-electron chi connectivity index (χ4n) is 1.70. The van der Waals surface area contributed by atoms with Crippen molar-refractivity contribution in [1.29, 1.82) is 0 Å². The molecule has 0 spiro atoms. The highest BCUT2D eigenvalue weighted by Crippen LogP contribution is 2.21. The lowest BCUT2D eigenvalue weighted by molar-refractivity contribution is -0.125. The predicted molar refractivity (Wildman–Crippen MR) is 92.7 cm³/mol. The summed E-state index contributed by atoms with van der Waals surface area (Å²) < 4.78 is 19.2. The summed E-state index contributed by atoms with van der Waals surface area (Å²) in [5.41, 5.74) is 0.562. The molecule has 0 heterocycles. The second-order valence-corrected chi connectivity index (χ2v) is 6.05. The zero-order valence-corrected chi connectivity index (χ0v) is 14.7. The van der Waals surface area contributed by atoms with Gasteiger partial charge >= 0.3 is 0 Å². The van der Waals surface area contributed by atoms with Crippen molar-refractivity contribution in [2.75, 3.05) is 18.5 Å². The van der Waals surface area contributed by atoms with Crippen LogP contribution in [0.15, 0.2) is 46.9 Å². The Morgan fingerprint density at radius 2 is 1.83 bits per heavy atom. The number of halogens is 3. The Morgan fingerprint density at radius 1 is 1.12 bits per heavy atom. The molecule has 0 radical (unpaired) electrons. The van der Waals surface area contributed by atoms with Gasteiger partial charge in [-0.05, 0) is 42.5 Å². The Hall–Kier alpha value is -2.12. The fraction of sp³-hybridized carbons (Fsp3) is 0.125. The molecular formula is C16H13BrClFN2O3. The molecule has 2 rings (SSSR count). The number of anilines is 1. The van der Waals surface area contributed by atoms with Crippen LogP contribution in [0.4, 0.5) is 10.1 Å². The summed E-state index contributed by atoms with van der Waals surface area (Å²) in [5, 5.41) is 5.53. The molecule has 2 aromatic rings. The average Bonchev–Trinajstić information content (AvgIpc) is 2.54. The summed E-state index contributed by atoms with van der Waals surface area (Å²) in [7, 11) is 0. The van der Waals surface area contributed by atoms with Crippen molar-refractivity contribution in [2.45, 2.75) is 0 Å². The third-order valence-electron chi connectivity index (χ3n) is 2.83. The number of rotatable bonds is 6. The van der Waals surface area contributed by atoms with Crippen molar-refractivity contribution in [1.82, 2.24) is 5.32 Å². The maximum atomic E-state index is 13.5. The normalized spacial score (nSPS) is 10.1. The van der Waals surface area contributed by atoms with E-state index in [0.29, 0.717) is 15.2 Å². The van der Waals surface area contributed by atoms with Crippen LogP contribution in [0.3, 0.4) is 0 Å². The summed E-state index contributed by atoms with van der Waals surface area (Å²) in [6.07, 6.45) is 0. The van der Waals surface area contributed by atoms with E-state index in [9.17, 15) is 14.0 Å². The molecule has 0 saturated heterocycles. The summed E-state index contributed by atoms with van der Waals surface area (Å²) in [4.78, 5) is 23.3. The van der Waals surface area contributed by atoms with Crippen LogP contribution in [0.2, 0.25) is 5.02 Å². The van der Waals surface area contributed by atoms with Gasteiger partial charge in [0, 0.05) is 15.2 Å². The summed E-state index contributed by atoms with van der Waals surface area (Å²) in [5.74, 6) is -1.57. The van der Waals surface area contributed by atoms with Crippen LogP contribution in [0.1, 0.15) is 0 Å². The van der Waals surface area contributed by atoms with Crippen LogP contribution >= 0.6 is 27.5 Å². The van der Waals surface area contributed by atoms with Gasteiger partial charge in [-0.2, -0.15) is 0 Å². The molecule has 2 N–H and O–H groups in total. The number of carbonyl (C=O) groups excluding carboxylic acids is 2. The molecule has 0 fully saturated rings. The van der Waals surface area contributed by atoms with Crippen molar-refractivity contribution in [3.05, 3.63) is 57.8 Å². The molecule has 0 saturated carbocycles. The Balaban J connectivity index is 1.74. The quantitative estimate of drug-likeness (QED) is 0.760. The number of hydrogen-bond acceptors (Lipinski definition) is 3. The highest BCUT2D eigenvalue weighted by Gasteiger charge is 2.09. The second kappa shape index (κ2) is 8.65. The van der Waals surface area contributed by atoms with Crippen LogP contribution in [-0.2, 0) is 9.59 Å². The highest BCUT2D eigenvalue weighted by atomic mass is 79.9. The van der Waals surface area contributed by atoms with Gasteiger partial charge in [0.2, 0.25) is 5.91 Å². The third kappa shape index (κ3) is 5.82. The Labute approximate surface area is 151 Å². The molecular weight excluding hydrogens is 403 g/mol. The first-order valence-corrected chi connectivity index (χ1v) is 8.01. The van der Waals surface area contributed by atoms with Gasteiger partial charge in [0.05, 0.1) is 6.54 Å². The molecule has 0 atom stereocenters. The van der Waals surface area contributed by atoms with Gasteiger partial charge in [-0.25, -0.2) is 4.39 Å². The molecule has 0 aliphatic heterocycles. The van der Waals surface area contributed by atoms with Crippen molar-refractivity contribution >= 4 is 45.0 Å². The lowest BCUT2D eigenvalue weighted by atomic mass is 10.3. The molecule has 0 aromatic heterocycles. The molecule has 5 nitrogen and oxygen atoms in total. The van der Waals surface area contributed by atoms with E-state index >= 15 is 0 Å². The molecule has 2 aromatic carbocycles. The Bertz CT molecular complexity index is 741. The minimum absolute atomic E-state index is 0.0426. The maximum absolute atomic E-state index is 13.5. The largest absolute Gasteiger partial charge is 0.481 e. The maximum Gasteiger partial charge on any atom is 0.258 e. The van der Waals surface area contributed by atoms with Gasteiger partial charge in [-0.1, -0.05) is 27.5 Å². The van der Waals surface area contributed by atoms with Gasteiger partial charge in [0.15, 0.2) is 18.2 Å². The van der Waals surface area contributed by atoms with Gasteiger partial charge in [0.1, 0.15) is 0 Å². The van der Waals surface area contributed by atoms with Gasteiger partial charge in [-0.3, -0.25) is 9.59 Å². The number of carbonyl (C=O) groups is 2. The number of benzene rings is 2. The van der Waals surface area contributed by atoms with Crippen LogP contribution in [0, 0.1) is 5.82 Å². The number of hydrogen-bond donors (Lipinski definition) is 2. The van der Waals surface area contributed by atoms with E-state index in [0.717, 1.165) is 0 Å². The molecule has 126 valence electrons. The summed E-state index contributed by atoms with van der Waals surface area (Å²) in [6, 6.07) is 10.8. The van der Waals surface area contributed by atoms with Crippen LogP contribution in [-0.4, -0.2) is 25.0 Å². The minimum atomic E-state index is -0.586. The van der Waals surface area contributed by atoms with E-state index in [2.05, 4.69) is 26.6 Å². The fourth-order valence-corrected chi connectivity index (χ4v) is 2.16. The summed E-state index contributed by atoms with van der Waals surface area (Å²) in [6.45, 7) is -0.625.